The van der Waals surface area contributed by atoms with Crippen LogP contribution < -0.4 is 5.32 Å². The van der Waals surface area contributed by atoms with E-state index in [9.17, 15) is 0 Å². The highest BCUT2D eigenvalue weighted by atomic mass is 32.2. The lowest BCUT2D eigenvalue weighted by atomic mass is 9.86. The van der Waals surface area contributed by atoms with Gasteiger partial charge >= 0.3 is 0 Å². The van der Waals surface area contributed by atoms with Gasteiger partial charge in [0.25, 0.3) is 6.02 Å². The van der Waals surface area contributed by atoms with Crippen LogP contribution in [0.15, 0.2) is 22.4 Å². The Balaban J connectivity index is 1.63. The number of nitrogens with zero attached hydrogens (tertiary/aromatic N) is 4. The second-order valence-corrected chi connectivity index (χ2v) is 6.22. The van der Waals surface area contributed by atoms with Crippen LogP contribution in [-0.2, 0) is 4.74 Å². The average Bonchev–Trinajstić information content (AvgIpc) is 2.55. The average molecular weight is 307 g/mol. The van der Waals surface area contributed by atoms with Crippen molar-refractivity contribution < 1.29 is 4.74 Å². The first kappa shape index (κ1) is 14.6. The fourth-order valence-electron chi connectivity index (χ4n) is 2.95. The number of nitrogens with one attached hydrogen (secondary N) is 1. The molecule has 21 heavy (non-hydrogen) atoms. The van der Waals surface area contributed by atoms with Crippen molar-refractivity contribution in [2.24, 2.45) is 10.9 Å². The van der Waals surface area contributed by atoms with Gasteiger partial charge < -0.3 is 4.74 Å². The van der Waals surface area contributed by atoms with Gasteiger partial charge in [-0.05, 0) is 38.1 Å². The molecule has 0 aliphatic carbocycles. The van der Waals surface area contributed by atoms with Crippen molar-refractivity contribution in [1.82, 2.24) is 14.9 Å². The maximum atomic E-state index is 6.08. The number of rotatable bonds is 3. The minimum absolute atomic E-state index is 0.237. The number of anilines is 1. The summed E-state index contributed by atoms with van der Waals surface area (Å²) < 4.78 is 6.08. The fourth-order valence-corrected chi connectivity index (χ4v) is 3.34. The molecular weight excluding hydrogens is 286 g/mol. The lowest BCUT2D eigenvalue weighted by molar-refractivity contribution is -0.0146. The molecule has 6 nitrogen and oxygen atoms in total. The monoisotopic (exact) mass is 307 g/mol. The van der Waals surface area contributed by atoms with Crippen LogP contribution in [0.5, 0.6) is 0 Å². The third-order valence-corrected chi connectivity index (χ3v) is 4.79. The Morgan fingerprint density at radius 2 is 2.24 bits per heavy atom. The highest BCUT2D eigenvalue weighted by Gasteiger charge is 2.36. The number of ether oxygens (including phenoxy) is 1. The molecule has 0 spiro atoms. The minimum Gasteiger partial charge on any atom is -0.460 e. The second-order valence-electron chi connectivity index (χ2n) is 5.39. The molecule has 1 aromatic rings. The molecule has 1 aromatic heterocycles. The Bertz CT molecular complexity index is 516. The zero-order valence-corrected chi connectivity index (χ0v) is 13.3. The van der Waals surface area contributed by atoms with Crippen molar-refractivity contribution in [3.63, 3.8) is 0 Å². The molecular formula is C14H21N5OS. The summed E-state index contributed by atoms with van der Waals surface area (Å²) in [6, 6.07) is 2.44. The zero-order chi connectivity index (χ0) is 14.7. The topological polar surface area (TPSA) is 62.6 Å². The van der Waals surface area contributed by atoms with E-state index in [1.54, 1.807) is 25.1 Å². The largest absolute Gasteiger partial charge is 0.460 e. The predicted molar refractivity (Wildman–Crippen MR) is 84.8 cm³/mol. The van der Waals surface area contributed by atoms with Gasteiger partial charge in [0.05, 0.1) is 0 Å². The molecule has 0 radical (unpaired) electrons. The van der Waals surface area contributed by atoms with Gasteiger partial charge in [-0.3, -0.25) is 10.2 Å². The first-order valence-corrected chi connectivity index (χ1v) is 8.50. The van der Waals surface area contributed by atoms with Crippen molar-refractivity contribution in [1.29, 1.82) is 0 Å². The normalized spacial score (nSPS) is 28.5. The molecule has 3 aliphatic rings. The molecule has 4 heterocycles. The summed E-state index contributed by atoms with van der Waals surface area (Å²) >= 11 is 1.58. The third kappa shape index (κ3) is 3.47. The minimum atomic E-state index is 0.237. The van der Waals surface area contributed by atoms with E-state index < -0.39 is 0 Å². The molecule has 114 valence electrons. The number of hydrogen-bond acceptors (Lipinski definition) is 6. The molecule has 0 saturated carbocycles. The van der Waals surface area contributed by atoms with E-state index in [2.05, 4.69) is 25.2 Å². The smallest absolute Gasteiger partial charge is 0.290 e. The third-order valence-electron chi connectivity index (χ3n) is 4.15. The van der Waals surface area contributed by atoms with Crippen molar-refractivity contribution in [3.05, 3.63) is 12.4 Å². The molecule has 3 saturated heterocycles. The molecule has 3 aliphatic heterocycles. The van der Waals surface area contributed by atoms with Crippen LogP contribution in [0.3, 0.4) is 0 Å². The van der Waals surface area contributed by atoms with Gasteiger partial charge in [-0.15, -0.1) is 11.8 Å². The van der Waals surface area contributed by atoms with Gasteiger partial charge in [-0.25, -0.2) is 15.0 Å². The van der Waals surface area contributed by atoms with Gasteiger partial charge in [0.2, 0.25) is 0 Å². The van der Waals surface area contributed by atoms with Crippen molar-refractivity contribution in [3.8, 4) is 0 Å². The van der Waals surface area contributed by atoms with Crippen LogP contribution in [-0.4, -0.2) is 59.9 Å². The van der Waals surface area contributed by atoms with E-state index in [1.165, 1.54) is 25.9 Å². The number of hydrogen-bond donors (Lipinski definition) is 1. The van der Waals surface area contributed by atoms with E-state index in [0.717, 1.165) is 17.4 Å². The molecule has 0 amide bonds. The SMILES string of the molecule is CN=C(Nc1cc(SC)ncn1)O[C@H]1CN2CCC1CC2. The fraction of sp³-hybridized carbons (Fsp3) is 0.643. The predicted octanol–water partition coefficient (Wildman–Crippen LogP) is 1.71. The Morgan fingerprint density at radius 1 is 1.43 bits per heavy atom. The number of thioether (sulfide) groups is 1. The second kappa shape index (κ2) is 6.62. The maximum Gasteiger partial charge on any atom is 0.290 e. The summed E-state index contributed by atoms with van der Waals surface area (Å²) in [5.41, 5.74) is 0. The summed E-state index contributed by atoms with van der Waals surface area (Å²) in [7, 11) is 1.74. The molecule has 1 N–H and O–H groups in total. The molecule has 0 aromatic carbocycles. The van der Waals surface area contributed by atoms with E-state index in [4.69, 9.17) is 4.74 Å². The summed E-state index contributed by atoms with van der Waals surface area (Å²) in [5, 5.41) is 4.08. The Hall–Kier alpha value is -1.34. The van der Waals surface area contributed by atoms with Gasteiger partial charge in [-0.1, -0.05) is 0 Å². The van der Waals surface area contributed by atoms with E-state index in [0.29, 0.717) is 11.9 Å². The standard InChI is InChI=1S/C14H21N5OS/c1-15-14(18-12-7-13(21-2)17-9-16-12)20-11-8-19-5-3-10(11)4-6-19/h7,9-11H,3-6,8H2,1-2H3,(H,15,16,17,18)/t11-/m0/s1. The van der Waals surface area contributed by atoms with Gasteiger partial charge in [0.1, 0.15) is 23.3 Å². The number of amidine groups is 1. The van der Waals surface area contributed by atoms with Crippen LogP contribution in [0, 0.1) is 5.92 Å². The van der Waals surface area contributed by atoms with Crippen molar-refractivity contribution >= 4 is 23.6 Å². The number of aromatic nitrogens is 2. The number of piperidine rings is 3. The molecule has 3 fully saturated rings. The Morgan fingerprint density at radius 3 is 2.86 bits per heavy atom. The van der Waals surface area contributed by atoms with Crippen LogP contribution in [0.4, 0.5) is 5.82 Å². The highest BCUT2D eigenvalue weighted by molar-refractivity contribution is 7.98. The highest BCUT2D eigenvalue weighted by Crippen LogP contribution is 2.29. The van der Waals surface area contributed by atoms with Crippen LogP contribution >= 0.6 is 11.8 Å². The van der Waals surface area contributed by atoms with Crippen LogP contribution in [0.2, 0.25) is 0 Å². The summed E-state index contributed by atoms with van der Waals surface area (Å²) in [5.74, 6) is 1.37. The number of aliphatic imine (C=N–C) groups is 1. The summed E-state index contributed by atoms with van der Waals surface area (Å²) in [4.78, 5) is 15.1. The van der Waals surface area contributed by atoms with Gasteiger partial charge in [0, 0.05) is 19.7 Å². The molecule has 7 heteroatoms. The summed E-state index contributed by atoms with van der Waals surface area (Å²) in [6.45, 7) is 3.42. The van der Waals surface area contributed by atoms with E-state index in [1.807, 2.05) is 12.3 Å². The lowest BCUT2D eigenvalue weighted by Crippen LogP contribution is -2.52. The first-order valence-electron chi connectivity index (χ1n) is 7.27. The zero-order valence-electron chi connectivity index (χ0n) is 12.5. The van der Waals surface area contributed by atoms with Crippen molar-refractivity contribution in [2.45, 2.75) is 24.0 Å². The van der Waals surface area contributed by atoms with E-state index in [-0.39, 0.29) is 6.10 Å². The molecule has 2 bridgehead atoms. The van der Waals surface area contributed by atoms with E-state index >= 15 is 0 Å². The lowest BCUT2D eigenvalue weighted by Gasteiger charge is -2.44. The van der Waals surface area contributed by atoms with Crippen LogP contribution in [0.1, 0.15) is 12.8 Å². The summed E-state index contributed by atoms with van der Waals surface area (Å²) in [6.07, 6.45) is 6.23. The van der Waals surface area contributed by atoms with Gasteiger partial charge in [-0.2, -0.15) is 0 Å². The maximum absolute atomic E-state index is 6.08. The quantitative estimate of drug-likeness (QED) is 0.397. The molecule has 0 unspecified atom stereocenters. The molecule has 4 rings (SSSR count). The van der Waals surface area contributed by atoms with Gasteiger partial charge in [0.15, 0.2) is 0 Å². The molecule has 1 atom stereocenters. The van der Waals surface area contributed by atoms with Crippen molar-refractivity contribution in [2.75, 3.05) is 38.3 Å². The Kier molecular flexibility index (Phi) is 4.60. The Labute approximate surface area is 129 Å². The first-order chi connectivity index (χ1) is 10.3. The van der Waals surface area contributed by atoms with Crippen LogP contribution in [0.25, 0.3) is 0 Å². The number of fused-ring (bicyclic) bond motifs is 3.